The fourth-order valence-electron chi connectivity index (χ4n) is 3.14. The number of nitrogens with zero attached hydrogens (tertiary/aromatic N) is 3. The number of fused-ring (bicyclic) bond motifs is 1. The molecule has 24 heavy (non-hydrogen) atoms. The third-order valence-electron chi connectivity index (χ3n) is 4.42. The summed E-state index contributed by atoms with van der Waals surface area (Å²) in [6.07, 6.45) is 9.37. The van der Waals surface area contributed by atoms with Crippen LogP contribution in [0.15, 0.2) is 18.5 Å². The Bertz CT molecular complexity index is 735. The number of ether oxygens (including phenoxy) is 1. The summed E-state index contributed by atoms with van der Waals surface area (Å²) in [5.74, 6) is -0.297. The molecule has 2 heterocycles. The highest BCUT2D eigenvalue weighted by Gasteiger charge is 2.21. The van der Waals surface area contributed by atoms with E-state index in [2.05, 4.69) is 15.4 Å². The summed E-state index contributed by atoms with van der Waals surface area (Å²) in [7, 11) is 0. The first-order valence-electron chi connectivity index (χ1n) is 8.39. The summed E-state index contributed by atoms with van der Waals surface area (Å²) in [4.78, 5) is 28.3. The van der Waals surface area contributed by atoms with Crippen LogP contribution in [0.4, 0.5) is 0 Å². The van der Waals surface area contributed by atoms with Gasteiger partial charge in [-0.15, -0.1) is 0 Å². The number of carbonyl (C=O) groups is 2. The largest absolute Gasteiger partial charge is 0.452 e. The van der Waals surface area contributed by atoms with Gasteiger partial charge in [-0.05, 0) is 31.7 Å². The molecule has 2 aromatic heterocycles. The van der Waals surface area contributed by atoms with E-state index in [0.717, 1.165) is 12.8 Å². The normalized spacial score (nSPS) is 15.4. The van der Waals surface area contributed by atoms with Crippen molar-refractivity contribution in [1.82, 2.24) is 19.9 Å². The lowest BCUT2D eigenvalue weighted by molar-refractivity contribution is -0.124. The Morgan fingerprint density at radius 1 is 1.33 bits per heavy atom. The van der Waals surface area contributed by atoms with E-state index in [1.807, 2.05) is 0 Å². The molecule has 3 rings (SSSR count). The molecule has 7 heteroatoms. The van der Waals surface area contributed by atoms with Crippen molar-refractivity contribution in [2.45, 2.75) is 39.0 Å². The van der Waals surface area contributed by atoms with E-state index >= 15 is 0 Å². The van der Waals surface area contributed by atoms with Gasteiger partial charge in [-0.25, -0.2) is 14.3 Å². The van der Waals surface area contributed by atoms with Crippen LogP contribution in [0.2, 0.25) is 0 Å². The van der Waals surface area contributed by atoms with Crippen LogP contribution in [0.25, 0.3) is 5.65 Å². The number of carbonyl (C=O) groups excluding carboxylic acids is 2. The zero-order chi connectivity index (χ0) is 16.9. The van der Waals surface area contributed by atoms with E-state index in [9.17, 15) is 9.59 Å². The summed E-state index contributed by atoms with van der Waals surface area (Å²) in [6.45, 7) is 2.09. The zero-order valence-corrected chi connectivity index (χ0v) is 13.8. The molecule has 0 atom stereocenters. The highest BCUT2D eigenvalue weighted by atomic mass is 16.5. The SMILES string of the molecule is Cc1nn2cccnc2c1C(=O)OCC(=O)NCC1CCCCC1. The lowest BCUT2D eigenvalue weighted by Crippen LogP contribution is -2.33. The Balaban J connectivity index is 1.53. The van der Waals surface area contributed by atoms with Crippen LogP contribution in [0, 0.1) is 12.8 Å². The van der Waals surface area contributed by atoms with Gasteiger partial charge in [-0.2, -0.15) is 5.10 Å². The second kappa shape index (κ2) is 7.42. The summed E-state index contributed by atoms with van der Waals surface area (Å²) < 4.78 is 6.66. The van der Waals surface area contributed by atoms with Gasteiger partial charge in [0, 0.05) is 18.9 Å². The van der Waals surface area contributed by atoms with Crippen LogP contribution in [0.1, 0.15) is 48.2 Å². The molecule has 7 nitrogen and oxygen atoms in total. The predicted octanol–water partition coefficient (Wildman–Crippen LogP) is 1.89. The molecule has 0 spiro atoms. The van der Waals surface area contributed by atoms with Crippen molar-refractivity contribution in [3.8, 4) is 0 Å². The van der Waals surface area contributed by atoms with Crippen LogP contribution in [0.5, 0.6) is 0 Å². The van der Waals surface area contributed by atoms with Crippen molar-refractivity contribution in [1.29, 1.82) is 0 Å². The van der Waals surface area contributed by atoms with Gasteiger partial charge in [0.05, 0.1) is 5.69 Å². The van der Waals surface area contributed by atoms with Gasteiger partial charge in [0.1, 0.15) is 5.56 Å². The third kappa shape index (κ3) is 3.72. The lowest BCUT2D eigenvalue weighted by Gasteiger charge is -2.21. The quantitative estimate of drug-likeness (QED) is 0.846. The standard InChI is InChI=1S/C17H22N4O3/c1-12-15(16-18-8-5-9-21(16)20-12)17(23)24-11-14(22)19-10-13-6-3-2-4-7-13/h5,8-9,13H,2-4,6-7,10-11H2,1H3,(H,19,22). The minimum Gasteiger partial charge on any atom is -0.452 e. The highest BCUT2D eigenvalue weighted by Crippen LogP contribution is 2.22. The Hall–Kier alpha value is -2.44. The molecule has 1 fully saturated rings. The van der Waals surface area contributed by atoms with Crippen LogP contribution in [-0.2, 0) is 9.53 Å². The zero-order valence-electron chi connectivity index (χ0n) is 13.8. The predicted molar refractivity (Wildman–Crippen MR) is 87.6 cm³/mol. The van der Waals surface area contributed by atoms with Gasteiger partial charge in [0.25, 0.3) is 5.91 Å². The molecular weight excluding hydrogens is 308 g/mol. The van der Waals surface area contributed by atoms with Crippen molar-refractivity contribution < 1.29 is 14.3 Å². The number of aromatic nitrogens is 3. The second-order valence-electron chi connectivity index (χ2n) is 6.23. The first-order chi connectivity index (χ1) is 11.6. The molecule has 2 aromatic rings. The van der Waals surface area contributed by atoms with Gasteiger partial charge in [0.15, 0.2) is 12.3 Å². The molecule has 1 aliphatic rings. The number of rotatable bonds is 5. The maximum atomic E-state index is 12.3. The second-order valence-corrected chi connectivity index (χ2v) is 6.23. The van der Waals surface area contributed by atoms with E-state index in [4.69, 9.17) is 4.74 Å². The van der Waals surface area contributed by atoms with Crippen molar-refractivity contribution in [3.05, 3.63) is 29.7 Å². The fourth-order valence-corrected chi connectivity index (χ4v) is 3.14. The summed E-state index contributed by atoms with van der Waals surface area (Å²) in [5.41, 5.74) is 1.26. The molecule has 0 aliphatic heterocycles. The van der Waals surface area contributed by atoms with Crippen LogP contribution < -0.4 is 5.32 Å². The van der Waals surface area contributed by atoms with Crippen LogP contribution >= 0.6 is 0 Å². The molecule has 0 radical (unpaired) electrons. The average Bonchev–Trinajstić information content (AvgIpc) is 2.94. The molecular formula is C17H22N4O3. The first-order valence-corrected chi connectivity index (χ1v) is 8.39. The molecule has 128 valence electrons. The summed E-state index contributed by atoms with van der Waals surface area (Å²) in [6, 6.07) is 1.73. The Labute approximate surface area is 140 Å². The molecule has 0 unspecified atom stereocenters. The Morgan fingerprint density at radius 3 is 2.92 bits per heavy atom. The Morgan fingerprint density at radius 2 is 2.12 bits per heavy atom. The molecule has 1 saturated carbocycles. The molecule has 0 saturated heterocycles. The number of amides is 1. The number of nitrogens with one attached hydrogen (secondary N) is 1. The van der Waals surface area contributed by atoms with E-state index in [1.165, 1.54) is 23.8 Å². The topological polar surface area (TPSA) is 85.6 Å². The molecule has 1 N–H and O–H groups in total. The number of hydrogen-bond acceptors (Lipinski definition) is 5. The fraction of sp³-hybridized carbons (Fsp3) is 0.529. The van der Waals surface area contributed by atoms with E-state index in [-0.39, 0.29) is 12.5 Å². The number of esters is 1. The third-order valence-corrected chi connectivity index (χ3v) is 4.42. The van der Waals surface area contributed by atoms with Crippen molar-refractivity contribution in [2.75, 3.05) is 13.2 Å². The van der Waals surface area contributed by atoms with Gasteiger partial charge in [0.2, 0.25) is 0 Å². The van der Waals surface area contributed by atoms with Crippen LogP contribution in [-0.4, -0.2) is 39.6 Å². The van der Waals surface area contributed by atoms with Crippen molar-refractivity contribution in [2.24, 2.45) is 5.92 Å². The first kappa shape index (κ1) is 16.4. The molecule has 0 aromatic carbocycles. The summed E-state index contributed by atoms with van der Waals surface area (Å²) >= 11 is 0. The molecule has 1 amide bonds. The minimum absolute atomic E-state index is 0.268. The van der Waals surface area contributed by atoms with Crippen LogP contribution in [0.3, 0.4) is 0 Å². The smallest absolute Gasteiger partial charge is 0.344 e. The maximum absolute atomic E-state index is 12.3. The number of aryl methyl sites for hydroxylation is 1. The van der Waals surface area contributed by atoms with Crippen molar-refractivity contribution in [3.63, 3.8) is 0 Å². The van der Waals surface area contributed by atoms with E-state index < -0.39 is 5.97 Å². The van der Waals surface area contributed by atoms with E-state index in [1.54, 1.807) is 25.4 Å². The number of hydrogen-bond donors (Lipinski definition) is 1. The van der Waals surface area contributed by atoms with Gasteiger partial charge >= 0.3 is 5.97 Å². The maximum Gasteiger partial charge on any atom is 0.344 e. The monoisotopic (exact) mass is 330 g/mol. The minimum atomic E-state index is -0.575. The summed E-state index contributed by atoms with van der Waals surface area (Å²) in [5, 5.41) is 7.06. The Kier molecular flexibility index (Phi) is 5.08. The molecule has 0 bridgehead atoms. The lowest BCUT2D eigenvalue weighted by atomic mass is 9.89. The van der Waals surface area contributed by atoms with Crippen molar-refractivity contribution >= 4 is 17.5 Å². The van der Waals surface area contributed by atoms with Gasteiger partial charge < -0.3 is 10.1 Å². The average molecular weight is 330 g/mol. The van der Waals surface area contributed by atoms with Gasteiger partial charge in [-0.3, -0.25) is 4.79 Å². The molecule has 1 aliphatic carbocycles. The van der Waals surface area contributed by atoms with Gasteiger partial charge in [-0.1, -0.05) is 19.3 Å². The van der Waals surface area contributed by atoms with E-state index in [0.29, 0.717) is 29.4 Å². The highest BCUT2D eigenvalue weighted by molar-refractivity contribution is 5.98.